The van der Waals surface area contributed by atoms with E-state index in [1.54, 1.807) is 55.5 Å². The second-order valence-electron chi connectivity index (χ2n) is 8.16. The lowest BCUT2D eigenvalue weighted by atomic mass is 10.2. The van der Waals surface area contributed by atoms with E-state index in [1.807, 2.05) is 13.0 Å². The normalized spacial score (nSPS) is 14.6. The Bertz CT molecular complexity index is 1200. The van der Waals surface area contributed by atoms with Crippen LogP contribution < -0.4 is 4.74 Å². The highest BCUT2D eigenvalue weighted by molar-refractivity contribution is 7.89. The van der Waals surface area contributed by atoms with E-state index in [0.717, 1.165) is 11.1 Å². The third-order valence-corrected chi connectivity index (χ3v) is 7.60. The van der Waals surface area contributed by atoms with Gasteiger partial charge in [0.05, 0.1) is 4.90 Å². The molecule has 1 heterocycles. The predicted molar refractivity (Wildman–Crippen MR) is 133 cm³/mol. The van der Waals surface area contributed by atoms with E-state index in [0.29, 0.717) is 17.9 Å². The third-order valence-electron chi connectivity index (χ3n) is 5.54. The Morgan fingerprint density at radius 2 is 1.71 bits per heavy atom. The van der Waals surface area contributed by atoms with Crippen LogP contribution in [0.15, 0.2) is 66.1 Å². The molecule has 0 radical (unpaired) electrons. The summed E-state index contributed by atoms with van der Waals surface area (Å²) in [5.74, 6) is -0.308. The maximum absolute atomic E-state index is 13.0. The molecule has 0 aliphatic carbocycles. The van der Waals surface area contributed by atoms with Crippen molar-refractivity contribution in [1.29, 1.82) is 0 Å². The van der Waals surface area contributed by atoms with Crippen LogP contribution in [0.25, 0.3) is 6.08 Å². The summed E-state index contributed by atoms with van der Waals surface area (Å²) in [6, 6.07) is 12.4. The Morgan fingerprint density at radius 3 is 2.34 bits per heavy atom. The van der Waals surface area contributed by atoms with E-state index in [4.69, 9.17) is 9.47 Å². The maximum atomic E-state index is 13.0. The molecule has 1 saturated heterocycles. The van der Waals surface area contributed by atoms with Crippen LogP contribution in [0.5, 0.6) is 5.75 Å². The van der Waals surface area contributed by atoms with Crippen LogP contribution in [-0.2, 0) is 24.3 Å². The highest BCUT2D eigenvalue weighted by atomic mass is 32.2. The SMILES string of the molecule is C=CCOc1ccc(C=CC(=O)OCC(=O)N2CCN(S(=O)(=O)c3ccc(C)cc3C)CC2)cc1. The molecule has 1 fully saturated rings. The van der Waals surface area contributed by atoms with Crippen molar-refractivity contribution in [1.82, 2.24) is 9.21 Å². The van der Waals surface area contributed by atoms with Gasteiger partial charge in [0.2, 0.25) is 10.0 Å². The smallest absolute Gasteiger partial charge is 0.331 e. The van der Waals surface area contributed by atoms with E-state index in [1.165, 1.54) is 15.3 Å². The van der Waals surface area contributed by atoms with Crippen molar-refractivity contribution in [3.63, 3.8) is 0 Å². The molecule has 2 aromatic carbocycles. The fraction of sp³-hybridized carbons (Fsp3) is 0.308. The number of aryl methyl sites for hydroxylation is 2. The maximum Gasteiger partial charge on any atom is 0.331 e. The first-order chi connectivity index (χ1) is 16.7. The second-order valence-corrected chi connectivity index (χ2v) is 10.1. The van der Waals surface area contributed by atoms with Gasteiger partial charge in [-0.05, 0) is 49.2 Å². The summed E-state index contributed by atoms with van der Waals surface area (Å²) in [5.41, 5.74) is 2.47. The van der Waals surface area contributed by atoms with Crippen LogP contribution in [0.3, 0.4) is 0 Å². The fourth-order valence-electron chi connectivity index (χ4n) is 3.67. The standard InChI is InChI=1S/C26H30N2O6S/c1-4-17-33-23-9-6-22(7-10-23)8-12-26(30)34-19-25(29)27-13-15-28(16-14-27)35(31,32)24-11-5-20(2)18-21(24)3/h4-12,18H,1,13-17,19H2,2-3H3. The van der Waals surface area contributed by atoms with Gasteiger partial charge in [0.1, 0.15) is 12.4 Å². The molecule has 186 valence electrons. The monoisotopic (exact) mass is 498 g/mol. The highest BCUT2D eigenvalue weighted by Crippen LogP contribution is 2.22. The molecule has 1 amide bonds. The number of hydrogen-bond acceptors (Lipinski definition) is 6. The van der Waals surface area contributed by atoms with Gasteiger partial charge in [-0.2, -0.15) is 4.31 Å². The van der Waals surface area contributed by atoms with Crippen molar-refractivity contribution in [3.8, 4) is 5.75 Å². The summed E-state index contributed by atoms with van der Waals surface area (Å²) in [6.45, 7) is 8.11. The number of esters is 1. The predicted octanol–water partition coefficient (Wildman–Crippen LogP) is 2.96. The van der Waals surface area contributed by atoms with Gasteiger partial charge >= 0.3 is 5.97 Å². The van der Waals surface area contributed by atoms with Crippen LogP contribution in [0, 0.1) is 13.8 Å². The summed E-state index contributed by atoms with van der Waals surface area (Å²) in [7, 11) is -3.64. The van der Waals surface area contributed by atoms with Crippen molar-refractivity contribution in [2.45, 2.75) is 18.7 Å². The number of amides is 1. The van der Waals surface area contributed by atoms with E-state index in [-0.39, 0.29) is 37.0 Å². The van der Waals surface area contributed by atoms with E-state index in [2.05, 4.69) is 6.58 Å². The lowest BCUT2D eigenvalue weighted by molar-refractivity contribution is -0.148. The second kappa shape index (κ2) is 11.8. The van der Waals surface area contributed by atoms with Gasteiger partial charge in [0.15, 0.2) is 6.61 Å². The molecular weight excluding hydrogens is 468 g/mol. The van der Waals surface area contributed by atoms with Crippen LogP contribution in [-0.4, -0.2) is 68.9 Å². The van der Waals surface area contributed by atoms with Crippen molar-refractivity contribution in [3.05, 3.63) is 77.9 Å². The quantitative estimate of drug-likeness (QED) is 0.300. The van der Waals surface area contributed by atoms with E-state index < -0.39 is 22.6 Å². The first-order valence-electron chi connectivity index (χ1n) is 11.2. The Morgan fingerprint density at radius 1 is 1.03 bits per heavy atom. The molecule has 0 aromatic heterocycles. The minimum atomic E-state index is -3.64. The van der Waals surface area contributed by atoms with Crippen molar-refractivity contribution < 1.29 is 27.5 Å². The zero-order valence-corrected chi connectivity index (χ0v) is 20.8. The third kappa shape index (κ3) is 7.03. The largest absolute Gasteiger partial charge is 0.490 e. The van der Waals surface area contributed by atoms with Crippen molar-refractivity contribution >= 4 is 28.0 Å². The fourth-order valence-corrected chi connectivity index (χ4v) is 5.30. The lowest BCUT2D eigenvalue weighted by Gasteiger charge is -2.34. The molecule has 0 unspecified atom stereocenters. The first kappa shape index (κ1) is 26.2. The molecule has 3 rings (SSSR count). The molecule has 9 heteroatoms. The minimum Gasteiger partial charge on any atom is -0.490 e. The first-order valence-corrected chi connectivity index (χ1v) is 12.7. The number of hydrogen-bond donors (Lipinski definition) is 0. The summed E-state index contributed by atoms with van der Waals surface area (Å²) < 4.78 is 37.8. The van der Waals surface area contributed by atoms with Crippen LogP contribution in [0.4, 0.5) is 0 Å². The van der Waals surface area contributed by atoms with Gasteiger partial charge in [0, 0.05) is 32.3 Å². The van der Waals surface area contributed by atoms with E-state index >= 15 is 0 Å². The molecule has 35 heavy (non-hydrogen) atoms. The number of carbonyl (C=O) groups is 2. The van der Waals surface area contributed by atoms with Crippen LogP contribution in [0.1, 0.15) is 16.7 Å². The summed E-state index contributed by atoms with van der Waals surface area (Å²) in [6.07, 6.45) is 4.49. The zero-order valence-electron chi connectivity index (χ0n) is 20.0. The summed E-state index contributed by atoms with van der Waals surface area (Å²) in [4.78, 5) is 26.2. The van der Waals surface area contributed by atoms with Gasteiger partial charge in [-0.1, -0.05) is 42.5 Å². The van der Waals surface area contributed by atoms with E-state index in [9.17, 15) is 18.0 Å². The number of nitrogens with zero attached hydrogens (tertiary/aromatic N) is 2. The van der Waals surface area contributed by atoms with Gasteiger partial charge in [0.25, 0.3) is 5.91 Å². The molecule has 1 aliphatic heterocycles. The van der Waals surface area contributed by atoms with Gasteiger partial charge in [-0.25, -0.2) is 13.2 Å². The van der Waals surface area contributed by atoms with Crippen molar-refractivity contribution in [2.24, 2.45) is 0 Å². The van der Waals surface area contributed by atoms with Crippen molar-refractivity contribution in [2.75, 3.05) is 39.4 Å². The Labute approximate surface area is 206 Å². The Balaban J connectivity index is 1.46. The molecule has 0 bridgehead atoms. The molecular formula is C26H30N2O6S. The Kier molecular flexibility index (Phi) is 8.84. The molecule has 2 aromatic rings. The highest BCUT2D eigenvalue weighted by Gasteiger charge is 2.31. The average molecular weight is 499 g/mol. The van der Waals surface area contributed by atoms with Crippen LogP contribution in [0.2, 0.25) is 0 Å². The van der Waals surface area contributed by atoms with Crippen LogP contribution >= 0.6 is 0 Å². The van der Waals surface area contributed by atoms with Gasteiger partial charge < -0.3 is 14.4 Å². The molecule has 0 spiro atoms. The topological polar surface area (TPSA) is 93.2 Å². The van der Waals surface area contributed by atoms with Gasteiger partial charge in [-0.15, -0.1) is 0 Å². The lowest BCUT2D eigenvalue weighted by Crippen LogP contribution is -2.51. The number of sulfonamides is 1. The average Bonchev–Trinajstić information content (AvgIpc) is 2.85. The molecule has 0 N–H and O–H groups in total. The number of benzene rings is 2. The number of piperazine rings is 1. The number of ether oxygens (including phenoxy) is 2. The molecule has 0 atom stereocenters. The van der Waals surface area contributed by atoms with Gasteiger partial charge in [-0.3, -0.25) is 4.79 Å². The zero-order chi connectivity index (χ0) is 25.4. The molecule has 0 saturated carbocycles. The number of carbonyl (C=O) groups excluding carboxylic acids is 2. The summed E-state index contributed by atoms with van der Waals surface area (Å²) >= 11 is 0. The number of rotatable bonds is 9. The summed E-state index contributed by atoms with van der Waals surface area (Å²) in [5, 5.41) is 0. The molecule has 8 nitrogen and oxygen atoms in total. The minimum absolute atomic E-state index is 0.182. The Hall–Kier alpha value is -3.43. The molecule has 1 aliphatic rings.